The number of hydrazone groups is 1. The molecule has 0 bridgehead atoms. The smallest absolute Gasteiger partial charge is 0.416 e. The zero-order valence-corrected chi connectivity index (χ0v) is 17.9. The number of carbonyl (C=O) groups is 1. The number of nitrogens with one attached hydrogen (secondary N) is 1. The highest BCUT2D eigenvalue weighted by molar-refractivity contribution is 7.12. The van der Waals surface area contributed by atoms with Gasteiger partial charge in [-0.3, -0.25) is 4.79 Å². The number of hydrogen-bond donors (Lipinski definition) is 2. The van der Waals surface area contributed by atoms with Crippen LogP contribution in [-0.2, 0) is 12.8 Å². The summed E-state index contributed by atoms with van der Waals surface area (Å²) >= 11 is 6.89. The lowest BCUT2D eigenvalue weighted by molar-refractivity contribution is -0.137. The van der Waals surface area contributed by atoms with Gasteiger partial charge in [-0.2, -0.15) is 18.3 Å². The Hall–Kier alpha value is -3.24. The van der Waals surface area contributed by atoms with Gasteiger partial charge >= 0.3 is 6.18 Å². The van der Waals surface area contributed by atoms with Crippen LogP contribution in [0.5, 0.6) is 11.5 Å². The second-order valence-electron chi connectivity index (χ2n) is 6.39. The van der Waals surface area contributed by atoms with Crippen LogP contribution in [0.4, 0.5) is 13.2 Å². The van der Waals surface area contributed by atoms with Gasteiger partial charge < -0.3 is 15.2 Å². The SMILES string of the molecule is N/C(COc1ccc(Cl)cc1)=N\NC(=O)c1sccc1OCc1cccc(C(F)(F)F)c1. The maximum absolute atomic E-state index is 12.8. The van der Waals surface area contributed by atoms with Gasteiger partial charge in [0.1, 0.15) is 29.6 Å². The number of ether oxygens (including phenoxy) is 2. The quantitative estimate of drug-likeness (QED) is 0.266. The van der Waals surface area contributed by atoms with Gasteiger partial charge in [0.15, 0.2) is 5.84 Å². The van der Waals surface area contributed by atoms with E-state index >= 15 is 0 Å². The van der Waals surface area contributed by atoms with Crippen LogP contribution in [0.3, 0.4) is 0 Å². The third-order valence-corrected chi connectivity index (χ3v) is 5.13. The topological polar surface area (TPSA) is 85.9 Å². The Balaban J connectivity index is 1.55. The molecule has 0 saturated carbocycles. The van der Waals surface area contributed by atoms with Gasteiger partial charge in [0.25, 0.3) is 5.91 Å². The predicted molar refractivity (Wildman–Crippen MR) is 116 cm³/mol. The summed E-state index contributed by atoms with van der Waals surface area (Å²) in [5, 5.41) is 5.96. The molecule has 6 nitrogen and oxygen atoms in total. The van der Waals surface area contributed by atoms with Crippen LogP contribution in [0.2, 0.25) is 5.02 Å². The number of thiophene rings is 1. The fourth-order valence-corrected chi connectivity index (χ4v) is 3.32. The number of benzene rings is 2. The molecular weight excluding hydrogens is 467 g/mol. The van der Waals surface area contributed by atoms with Crippen molar-refractivity contribution < 1.29 is 27.4 Å². The lowest BCUT2D eigenvalue weighted by atomic mass is 10.1. The van der Waals surface area contributed by atoms with Crippen molar-refractivity contribution in [3.63, 3.8) is 0 Å². The molecule has 0 aliphatic heterocycles. The molecule has 0 radical (unpaired) electrons. The zero-order chi connectivity index (χ0) is 23.1. The van der Waals surface area contributed by atoms with Gasteiger partial charge in [-0.05, 0) is 53.4 Å². The van der Waals surface area contributed by atoms with Gasteiger partial charge in [-0.25, -0.2) is 5.43 Å². The lowest BCUT2D eigenvalue weighted by Gasteiger charge is -2.10. The number of amides is 1. The summed E-state index contributed by atoms with van der Waals surface area (Å²) in [5.74, 6) is 0.197. The largest absolute Gasteiger partial charge is 0.487 e. The summed E-state index contributed by atoms with van der Waals surface area (Å²) in [6.45, 7) is -0.202. The standard InChI is InChI=1S/C21H17ClF3N3O3S/c22-15-4-6-16(7-5-15)30-12-18(26)27-28-20(29)19-17(8-9-32-19)31-11-13-2-1-3-14(10-13)21(23,24)25/h1-10H,11-12H2,(H2,26,27)(H,28,29). The van der Waals surface area contributed by atoms with Crippen molar-refractivity contribution in [3.8, 4) is 11.5 Å². The predicted octanol–water partition coefficient (Wildman–Crippen LogP) is 5.08. The fourth-order valence-electron chi connectivity index (χ4n) is 2.47. The van der Waals surface area contributed by atoms with E-state index in [0.29, 0.717) is 16.3 Å². The second kappa shape index (κ2) is 10.4. The van der Waals surface area contributed by atoms with Crippen molar-refractivity contribution in [1.29, 1.82) is 0 Å². The molecule has 1 heterocycles. The molecule has 3 rings (SSSR count). The first kappa shape index (κ1) is 23.4. The summed E-state index contributed by atoms with van der Waals surface area (Å²) in [5.41, 5.74) is 7.59. The summed E-state index contributed by atoms with van der Waals surface area (Å²) in [4.78, 5) is 12.6. The minimum absolute atomic E-state index is 0.0243. The molecule has 0 aliphatic carbocycles. The van der Waals surface area contributed by atoms with Crippen molar-refractivity contribution >= 4 is 34.7 Å². The van der Waals surface area contributed by atoms with Gasteiger partial charge in [0.05, 0.1) is 5.56 Å². The van der Waals surface area contributed by atoms with E-state index in [2.05, 4.69) is 10.5 Å². The summed E-state index contributed by atoms with van der Waals surface area (Å²) in [6.07, 6.45) is -4.45. The minimum Gasteiger partial charge on any atom is -0.487 e. The summed E-state index contributed by atoms with van der Waals surface area (Å²) in [7, 11) is 0. The van der Waals surface area contributed by atoms with Crippen LogP contribution in [-0.4, -0.2) is 18.3 Å². The van der Waals surface area contributed by atoms with Crippen molar-refractivity contribution in [3.05, 3.63) is 81.0 Å². The number of carbonyl (C=O) groups excluding carboxylic acids is 1. The van der Waals surface area contributed by atoms with Crippen LogP contribution in [0.15, 0.2) is 65.1 Å². The Labute approximate surface area is 190 Å². The average Bonchev–Trinajstić information content (AvgIpc) is 3.24. The van der Waals surface area contributed by atoms with E-state index in [0.717, 1.165) is 23.5 Å². The van der Waals surface area contributed by atoms with Crippen molar-refractivity contribution in [2.75, 3.05) is 6.61 Å². The van der Waals surface area contributed by atoms with Crippen molar-refractivity contribution in [2.24, 2.45) is 10.8 Å². The Morgan fingerprint density at radius 1 is 1.12 bits per heavy atom. The molecule has 0 fully saturated rings. The van der Waals surface area contributed by atoms with Gasteiger partial charge in [-0.1, -0.05) is 23.7 Å². The average molecular weight is 484 g/mol. The Kier molecular flexibility index (Phi) is 7.60. The Bertz CT molecular complexity index is 1100. The number of amidine groups is 1. The molecule has 3 N–H and O–H groups in total. The van der Waals surface area contributed by atoms with Crippen molar-refractivity contribution in [1.82, 2.24) is 5.43 Å². The van der Waals surface area contributed by atoms with Gasteiger partial charge in [-0.15, -0.1) is 11.3 Å². The Morgan fingerprint density at radius 3 is 2.59 bits per heavy atom. The molecule has 0 spiro atoms. The third-order valence-electron chi connectivity index (χ3n) is 3.99. The van der Waals surface area contributed by atoms with Crippen LogP contribution in [0.1, 0.15) is 20.8 Å². The molecule has 0 saturated heterocycles. The first-order valence-electron chi connectivity index (χ1n) is 9.09. The maximum Gasteiger partial charge on any atom is 0.416 e. The molecule has 1 aromatic heterocycles. The van der Waals surface area contributed by atoms with Gasteiger partial charge in [0, 0.05) is 5.02 Å². The van der Waals surface area contributed by atoms with Crippen LogP contribution in [0.25, 0.3) is 0 Å². The number of nitrogens with two attached hydrogens (primary N) is 1. The van der Waals surface area contributed by atoms with Crippen LogP contribution >= 0.6 is 22.9 Å². The molecule has 168 valence electrons. The molecular formula is C21H17ClF3N3O3S. The van der Waals surface area contributed by atoms with E-state index in [1.165, 1.54) is 12.1 Å². The molecule has 0 atom stereocenters. The Morgan fingerprint density at radius 2 is 1.88 bits per heavy atom. The minimum atomic E-state index is -4.45. The molecule has 3 aromatic rings. The molecule has 32 heavy (non-hydrogen) atoms. The number of halogens is 4. The zero-order valence-electron chi connectivity index (χ0n) is 16.4. The second-order valence-corrected chi connectivity index (χ2v) is 7.74. The molecule has 0 unspecified atom stereocenters. The van der Waals surface area contributed by atoms with E-state index in [9.17, 15) is 18.0 Å². The first-order valence-corrected chi connectivity index (χ1v) is 10.4. The highest BCUT2D eigenvalue weighted by atomic mass is 35.5. The van der Waals surface area contributed by atoms with E-state index in [-0.39, 0.29) is 29.7 Å². The number of alkyl halides is 3. The normalized spacial score (nSPS) is 11.8. The highest BCUT2D eigenvalue weighted by Gasteiger charge is 2.30. The van der Waals surface area contributed by atoms with E-state index in [4.69, 9.17) is 26.8 Å². The van der Waals surface area contributed by atoms with E-state index in [1.807, 2.05) is 0 Å². The van der Waals surface area contributed by atoms with Gasteiger partial charge in [0.2, 0.25) is 0 Å². The first-order chi connectivity index (χ1) is 15.2. The van der Waals surface area contributed by atoms with E-state index < -0.39 is 17.6 Å². The van der Waals surface area contributed by atoms with Crippen LogP contribution in [0, 0.1) is 0 Å². The number of nitrogens with zero attached hydrogens (tertiary/aromatic N) is 1. The van der Waals surface area contributed by atoms with Crippen LogP contribution < -0.4 is 20.6 Å². The summed E-state index contributed by atoms with van der Waals surface area (Å²) < 4.78 is 49.5. The number of rotatable bonds is 8. The monoisotopic (exact) mass is 483 g/mol. The highest BCUT2D eigenvalue weighted by Crippen LogP contribution is 2.30. The lowest BCUT2D eigenvalue weighted by Crippen LogP contribution is -2.27. The number of hydrogen-bond acceptors (Lipinski definition) is 5. The molecule has 1 amide bonds. The van der Waals surface area contributed by atoms with E-state index in [1.54, 1.807) is 35.7 Å². The molecule has 2 aromatic carbocycles. The van der Waals surface area contributed by atoms with Crippen molar-refractivity contribution in [2.45, 2.75) is 12.8 Å². The molecule has 11 heteroatoms. The third kappa shape index (κ3) is 6.63. The molecule has 0 aliphatic rings. The maximum atomic E-state index is 12.8. The fraction of sp³-hybridized carbons (Fsp3) is 0.143. The summed E-state index contributed by atoms with van der Waals surface area (Å²) in [6, 6.07) is 13.0.